The molecule has 2 rings (SSSR count). The Morgan fingerprint density at radius 2 is 2.19 bits per heavy atom. The number of benzene rings is 1. The topological polar surface area (TPSA) is 56.1 Å². The maximum absolute atomic E-state index is 12.4. The first-order valence-corrected chi connectivity index (χ1v) is 6.72. The third kappa shape index (κ3) is 3.57. The summed E-state index contributed by atoms with van der Waals surface area (Å²) in [6, 6.07) is 4.24. The van der Waals surface area contributed by atoms with Gasteiger partial charge in [0.15, 0.2) is 0 Å². The van der Waals surface area contributed by atoms with Gasteiger partial charge >= 0.3 is 6.61 Å². The molecule has 1 aromatic heterocycles. The molecule has 0 spiro atoms. The lowest BCUT2D eigenvalue weighted by Gasteiger charge is -2.11. The zero-order valence-corrected chi connectivity index (χ0v) is 12.8. The van der Waals surface area contributed by atoms with Crippen LogP contribution in [0.15, 0.2) is 28.9 Å². The second-order valence-electron chi connectivity index (χ2n) is 4.24. The molecular weight excluding hydrogens is 348 g/mol. The van der Waals surface area contributed by atoms with Crippen LogP contribution < -0.4 is 10.1 Å². The molecule has 0 aliphatic carbocycles. The molecule has 0 fully saturated rings. The first-order valence-electron chi connectivity index (χ1n) is 5.93. The molecule has 0 radical (unpaired) electrons. The van der Waals surface area contributed by atoms with Gasteiger partial charge < -0.3 is 10.1 Å². The highest BCUT2D eigenvalue weighted by molar-refractivity contribution is 9.10. The predicted molar refractivity (Wildman–Crippen MR) is 76.7 cm³/mol. The van der Waals surface area contributed by atoms with E-state index in [0.29, 0.717) is 10.2 Å². The van der Waals surface area contributed by atoms with Crippen molar-refractivity contribution in [3.8, 4) is 5.75 Å². The lowest BCUT2D eigenvalue weighted by atomic mass is 10.2. The first-order chi connectivity index (χ1) is 9.88. The van der Waals surface area contributed by atoms with Gasteiger partial charge in [-0.15, -0.1) is 0 Å². The smallest absolute Gasteiger partial charge is 0.387 e. The van der Waals surface area contributed by atoms with Crippen LogP contribution in [0.5, 0.6) is 5.75 Å². The number of nitrogens with one attached hydrogen (secondary N) is 1. The lowest BCUT2D eigenvalue weighted by molar-refractivity contribution is -0.0501. The number of alkyl halides is 2. The molecule has 0 unspecified atom stereocenters. The standard InChI is InChI=1S/C13H12BrF2N3O2/c1-7-10(6-17-19(7)2)18-12(20)9-5-8(14)3-4-11(9)21-13(15)16/h3-6,13H,1-2H3,(H,18,20). The minimum Gasteiger partial charge on any atom is -0.434 e. The number of hydrogen-bond donors (Lipinski definition) is 1. The predicted octanol–water partition coefficient (Wildman–Crippen LogP) is 3.34. The fourth-order valence-electron chi connectivity index (χ4n) is 1.69. The van der Waals surface area contributed by atoms with Gasteiger partial charge in [-0.05, 0) is 25.1 Å². The summed E-state index contributed by atoms with van der Waals surface area (Å²) in [5.41, 5.74) is 1.26. The Morgan fingerprint density at radius 1 is 1.48 bits per heavy atom. The average molecular weight is 360 g/mol. The van der Waals surface area contributed by atoms with Crippen molar-refractivity contribution in [3.05, 3.63) is 40.1 Å². The van der Waals surface area contributed by atoms with Crippen LogP contribution in [0.4, 0.5) is 14.5 Å². The zero-order valence-electron chi connectivity index (χ0n) is 11.2. The quantitative estimate of drug-likeness (QED) is 0.910. The minimum atomic E-state index is -3.00. The molecule has 0 aliphatic rings. The van der Waals surface area contributed by atoms with Crippen molar-refractivity contribution in [3.63, 3.8) is 0 Å². The summed E-state index contributed by atoms with van der Waals surface area (Å²) in [6.45, 7) is -1.22. The molecule has 0 saturated carbocycles. The second-order valence-corrected chi connectivity index (χ2v) is 5.16. The summed E-state index contributed by atoms with van der Waals surface area (Å²) >= 11 is 3.20. The van der Waals surface area contributed by atoms with Gasteiger partial charge in [-0.25, -0.2) is 0 Å². The van der Waals surface area contributed by atoms with E-state index in [1.54, 1.807) is 18.7 Å². The van der Waals surface area contributed by atoms with Crippen molar-refractivity contribution in [2.45, 2.75) is 13.5 Å². The van der Waals surface area contributed by atoms with E-state index in [9.17, 15) is 13.6 Å². The van der Waals surface area contributed by atoms with E-state index in [2.05, 4.69) is 31.1 Å². The minimum absolute atomic E-state index is 0.00734. The number of aromatic nitrogens is 2. The van der Waals surface area contributed by atoms with Crippen LogP contribution in [0.25, 0.3) is 0 Å². The van der Waals surface area contributed by atoms with E-state index in [0.717, 1.165) is 5.69 Å². The Kier molecular flexibility index (Phi) is 4.56. The molecule has 8 heteroatoms. The molecular formula is C13H12BrF2N3O2. The van der Waals surface area contributed by atoms with Crippen molar-refractivity contribution < 1.29 is 18.3 Å². The SMILES string of the molecule is Cc1c(NC(=O)c2cc(Br)ccc2OC(F)F)cnn1C. The Bertz CT molecular complexity index is 673. The van der Waals surface area contributed by atoms with Gasteiger partial charge in [0, 0.05) is 11.5 Å². The Balaban J connectivity index is 2.29. The van der Waals surface area contributed by atoms with Crippen LogP contribution >= 0.6 is 15.9 Å². The first kappa shape index (κ1) is 15.4. The molecule has 0 saturated heterocycles. The molecule has 5 nitrogen and oxygen atoms in total. The summed E-state index contributed by atoms with van der Waals surface area (Å²) in [4.78, 5) is 12.2. The normalized spacial score (nSPS) is 10.8. The number of nitrogens with zero attached hydrogens (tertiary/aromatic N) is 2. The fourth-order valence-corrected chi connectivity index (χ4v) is 2.05. The zero-order chi connectivity index (χ0) is 15.6. The second kappa shape index (κ2) is 6.21. The maximum atomic E-state index is 12.4. The third-order valence-electron chi connectivity index (χ3n) is 2.89. The average Bonchev–Trinajstić information content (AvgIpc) is 2.72. The summed E-state index contributed by atoms with van der Waals surface area (Å²) in [6.07, 6.45) is 1.48. The van der Waals surface area contributed by atoms with E-state index in [1.807, 2.05) is 0 Å². The van der Waals surface area contributed by atoms with Crippen molar-refractivity contribution in [1.82, 2.24) is 9.78 Å². The summed E-state index contributed by atoms with van der Waals surface area (Å²) in [5, 5.41) is 6.61. The molecule has 2 aromatic rings. The van der Waals surface area contributed by atoms with E-state index in [-0.39, 0.29) is 11.3 Å². The van der Waals surface area contributed by atoms with E-state index < -0.39 is 12.5 Å². The molecule has 0 aliphatic heterocycles. The highest BCUT2D eigenvalue weighted by Gasteiger charge is 2.18. The Morgan fingerprint density at radius 3 is 2.76 bits per heavy atom. The third-order valence-corrected chi connectivity index (χ3v) is 3.38. The molecule has 1 heterocycles. The van der Waals surface area contributed by atoms with Crippen molar-refractivity contribution in [1.29, 1.82) is 0 Å². The largest absolute Gasteiger partial charge is 0.434 e. The van der Waals surface area contributed by atoms with E-state index in [4.69, 9.17) is 0 Å². The molecule has 0 atom stereocenters. The van der Waals surface area contributed by atoms with Gasteiger partial charge in [-0.2, -0.15) is 13.9 Å². The highest BCUT2D eigenvalue weighted by atomic mass is 79.9. The van der Waals surface area contributed by atoms with Crippen LogP contribution in [-0.2, 0) is 7.05 Å². The van der Waals surface area contributed by atoms with Crippen LogP contribution in [0.1, 0.15) is 16.1 Å². The Hall–Kier alpha value is -1.96. The number of carbonyl (C=O) groups is 1. The molecule has 1 N–H and O–H groups in total. The monoisotopic (exact) mass is 359 g/mol. The van der Waals surface area contributed by atoms with Crippen LogP contribution in [0.2, 0.25) is 0 Å². The highest BCUT2D eigenvalue weighted by Crippen LogP contribution is 2.26. The number of ether oxygens (including phenoxy) is 1. The summed E-state index contributed by atoms with van der Waals surface area (Å²) in [7, 11) is 1.73. The van der Waals surface area contributed by atoms with Crippen molar-refractivity contribution >= 4 is 27.5 Å². The molecule has 1 amide bonds. The number of aryl methyl sites for hydroxylation is 1. The summed E-state index contributed by atoms with van der Waals surface area (Å²) < 4.78 is 31.3. The van der Waals surface area contributed by atoms with Gasteiger partial charge in [-0.3, -0.25) is 9.48 Å². The van der Waals surface area contributed by atoms with Gasteiger partial charge in [0.2, 0.25) is 0 Å². The number of rotatable bonds is 4. The molecule has 0 bridgehead atoms. The van der Waals surface area contributed by atoms with Crippen molar-refractivity contribution in [2.75, 3.05) is 5.32 Å². The fraction of sp³-hybridized carbons (Fsp3) is 0.231. The van der Waals surface area contributed by atoms with Crippen LogP contribution in [0, 0.1) is 6.92 Å². The molecule has 112 valence electrons. The van der Waals surface area contributed by atoms with Gasteiger partial charge in [-0.1, -0.05) is 15.9 Å². The molecule has 21 heavy (non-hydrogen) atoms. The van der Waals surface area contributed by atoms with Gasteiger partial charge in [0.1, 0.15) is 5.75 Å². The van der Waals surface area contributed by atoms with Gasteiger partial charge in [0.05, 0.1) is 23.1 Å². The van der Waals surface area contributed by atoms with Crippen molar-refractivity contribution in [2.24, 2.45) is 7.05 Å². The van der Waals surface area contributed by atoms with Crippen LogP contribution in [0.3, 0.4) is 0 Å². The number of carbonyl (C=O) groups excluding carboxylic acids is 1. The number of hydrogen-bond acceptors (Lipinski definition) is 3. The maximum Gasteiger partial charge on any atom is 0.387 e. The van der Waals surface area contributed by atoms with E-state index in [1.165, 1.54) is 24.4 Å². The molecule has 1 aromatic carbocycles. The summed E-state index contributed by atoms with van der Waals surface area (Å²) in [5.74, 6) is -0.740. The number of anilines is 1. The van der Waals surface area contributed by atoms with Gasteiger partial charge in [0.25, 0.3) is 5.91 Å². The number of halogens is 3. The van der Waals surface area contributed by atoms with Crippen LogP contribution in [-0.4, -0.2) is 22.3 Å². The number of amides is 1. The van der Waals surface area contributed by atoms with E-state index >= 15 is 0 Å². The lowest BCUT2D eigenvalue weighted by Crippen LogP contribution is -2.15. The Labute approximate surface area is 128 Å².